The molecule has 1 unspecified atom stereocenters. The maximum Gasteiger partial charge on any atom is 0.407 e. The molecule has 0 heterocycles. The minimum Gasteiger partial charge on any atom is -0.493 e. The van der Waals surface area contributed by atoms with Crippen molar-refractivity contribution < 1.29 is 38.4 Å². The van der Waals surface area contributed by atoms with E-state index in [4.69, 9.17) is 18.9 Å². The van der Waals surface area contributed by atoms with Crippen LogP contribution in [0, 0.1) is 0 Å². The second kappa shape index (κ2) is 15.9. The fraction of sp³-hybridized carbons (Fsp3) is 0.325. The summed E-state index contributed by atoms with van der Waals surface area (Å²) in [6, 6.07) is 27.1. The lowest BCUT2D eigenvalue weighted by atomic mass is 9.98. The number of aliphatic hydroxyl groups excluding tert-OH is 1. The smallest absolute Gasteiger partial charge is 0.407 e. The first-order valence-electron chi connectivity index (χ1n) is 16.6. The Bertz CT molecular complexity index is 1790. The monoisotopic (exact) mass is 680 g/mol. The van der Waals surface area contributed by atoms with Crippen molar-refractivity contribution >= 4 is 23.7 Å². The zero-order valence-electron chi connectivity index (χ0n) is 29.0. The van der Waals surface area contributed by atoms with Crippen LogP contribution in [0.5, 0.6) is 11.5 Å². The van der Waals surface area contributed by atoms with Crippen LogP contribution in [-0.4, -0.2) is 55.5 Å². The van der Waals surface area contributed by atoms with Gasteiger partial charge in [0.1, 0.15) is 18.2 Å². The number of anilines is 1. The number of carbonyl (C=O) groups excluding carboxylic acids is 3. The average Bonchev–Trinajstić information content (AvgIpc) is 3.42. The summed E-state index contributed by atoms with van der Waals surface area (Å²) in [7, 11) is 3.15. The van der Waals surface area contributed by atoms with Crippen molar-refractivity contribution in [3.63, 3.8) is 0 Å². The number of benzene rings is 4. The van der Waals surface area contributed by atoms with Crippen molar-refractivity contribution in [3.8, 4) is 22.6 Å². The van der Waals surface area contributed by atoms with Gasteiger partial charge < -0.3 is 34.7 Å². The molecule has 50 heavy (non-hydrogen) atoms. The summed E-state index contributed by atoms with van der Waals surface area (Å²) in [6.07, 6.45) is -1.03. The summed E-state index contributed by atoms with van der Waals surface area (Å²) in [5, 5.41) is 16.3. The van der Waals surface area contributed by atoms with Gasteiger partial charge in [-0.2, -0.15) is 0 Å². The van der Waals surface area contributed by atoms with Crippen LogP contribution in [0.15, 0.2) is 91.0 Å². The Morgan fingerprint density at radius 2 is 1.48 bits per heavy atom. The van der Waals surface area contributed by atoms with Crippen LogP contribution in [0.2, 0.25) is 0 Å². The number of hydrogen-bond acceptors (Lipinski definition) is 8. The third-order valence-electron chi connectivity index (χ3n) is 8.43. The topological polar surface area (TPSA) is 132 Å². The number of methoxy groups -OCH3 is 2. The van der Waals surface area contributed by atoms with E-state index in [1.165, 1.54) is 0 Å². The quantitative estimate of drug-likeness (QED) is 0.129. The maximum atomic E-state index is 13.2. The molecule has 0 aliphatic heterocycles. The molecule has 0 spiro atoms. The van der Waals surface area contributed by atoms with E-state index >= 15 is 0 Å². The van der Waals surface area contributed by atoms with E-state index in [9.17, 15) is 19.5 Å². The van der Waals surface area contributed by atoms with E-state index in [0.29, 0.717) is 35.6 Å². The molecule has 0 saturated heterocycles. The molecule has 0 fully saturated rings. The number of nitrogens with one attached hydrogen (secondary N) is 2. The molecule has 262 valence electrons. The first-order chi connectivity index (χ1) is 24.0. The Labute approximate surface area is 292 Å². The average molecular weight is 681 g/mol. The number of aliphatic hydroxyl groups is 1. The van der Waals surface area contributed by atoms with Gasteiger partial charge in [-0.05, 0) is 91.3 Å². The Hall–Kier alpha value is -5.35. The van der Waals surface area contributed by atoms with E-state index < -0.39 is 42.1 Å². The van der Waals surface area contributed by atoms with Gasteiger partial charge in [-0.1, -0.05) is 66.7 Å². The van der Waals surface area contributed by atoms with E-state index in [0.717, 1.165) is 27.8 Å². The van der Waals surface area contributed by atoms with Crippen LogP contribution in [-0.2, 0) is 25.5 Å². The molecule has 1 aliphatic rings. The van der Waals surface area contributed by atoms with Gasteiger partial charge in [-0.15, -0.1) is 0 Å². The number of hydrogen-bond donors (Lipinski definition) is 3. The Kier molecular flexibility index (Phi) is 11.4. The number of carbonyl (C=O) groups is 3. The van der Waals surface area contributed by atoms with Gasteiger partial charge in [-0.3, -0.25) is 4.79 Å². The van der Waals surface area contributed by atoms with Crippen molar-refractivity contribution in [1.29, 1.82) is 0 Å². The highest BCUT2D eigenvalue weighted by Gasteiger charge is 2.32. The van der Waals surface area contributed by atoms with Crippen LogP contribution in [0.25, 0.3) is 11.1 Å². The molecule has 10 heteroatoms. The third kappa shape index (κ3) is 9.00. The Morgan fingerprint density at radius 1 is 0.820 bits per heavy atom. The zero-order valence-corrected chi connectivity index (χ0v) is 29.0. The van der Waals surface area contributed by atoms with Gasteiger partial charge >= 0.3 is 12.1 Å². The van der Waals surface area contributed by atoms with Crippen LogP contribution in [0.4, 0.5) is 10.5 Å². The highest BCUT2D eigenvalue weighted by Crippen LogP contribution is 2.44. The lowest BCUT2D eigenvalue weighted by Crippen LogP contribution is -2.46. The minimum atomic E-state index is -1.31. The molecule has 4 aromatic rings. The standard InChI is InChI=1S/C40H44N2O8/c1-40(2,3)50-38(45)33(42-39(46)49-24-32-30-15-8-6-13-28(30)29-14-7-9-16-31(29)32)23-37(44)41-27-12-10-11-26(22-27)34(43)19-17-25-18-20-35(47-4)36(21-25)48-5/h6-16,18,20-22,32-34,43H,17,19,23-24H2,1-5H3,(H,41,44)(H,42,46)/t33?,34-/m0/s1. The molecule has 2 amide bonds. The van der Waals surface area contributed by atoms with Crippen molar-refractivity contribution in [1.82, 2.24) is 5.32 Å². The summed E-state index contributed by atoms with van der Waals surface area (Å²) in [5.74, 6) is -0.222. The molecular formula is C40H44N2O8. The van der Waals surface area contributed by atoms with E-state index in [2.05, 4.69) is 10.6 Å². The van der Waals surface area contributed by atoms with Crippen molar-refractivity contribution in [2.45, 2.75) is 63.7 Å². The van der Waals surface area contributed by atoms with Gasteiger partial charge in [0.25, 0.3) is 0 Å². The lowest BCUT2D eigenvalue weighted by Gasteiger charge is -2.24. The first-order valence-corrected chi connectivity index (χ1v) is 16.6. The third-order valence-corrected chi connectivity index (χ3v) is 8.43. The van der Waals surface area contributed by atoms with Gasteiger partial charge in [0.05, 0.1) is 26.7 Å². The number of alkyl carbamates (subject to hydrolysis) is 1. The number of esters is 1. The lowest BCUT2D eigenvalue weighted by molar-refractivity contribution is -0.158. The second-order valence-corrected chi connectivity index (χ2v) is 13.2. The molecular weight excluding hydrogens is 636 g/mol. The summed E-state index contributed by atoms with van der Waals surface area (Å²) in [4.78, 5) is 39.5. The summed E-state index contributed by atoms with van der Waals surface area (Å²) >= 11 is 0. The summed E-state index contributed by atoms with van der Waals surface area (Å²) in [5.41, 5.74) is 5.46. The van der Waals surface area contributed by atoms with E-state index in [-0.39, 0.29) is 12.5 Å². The van der Waals surface area contributed by atoms with Crippen LogP contribution in [0.1, 0.15) is 67.9 Å². The fourth-order valence-electron chi connectivity index (χ4n) is 6.08. The van der Waals surface area contributed by atoms with Crippen molar-refractivity contribution in [3.05, 3.63) is 113 Å². The fourth-order valence-corrected chi connectivity index (χ4v) is 6.08. The minimum absolute atomic E-state index is 0.0498. The highest BCUT2D eigenvalue weighted by molar-refractivity contribution is 5.95. The van der Waals surface area contributed by atoms with Gasteiger partial charge in [0.15, 0.2) is 11.5 Å². The predicted octanol–water partition coefficient (Wildman–Crippen LogP) is 6.95. The predicted molar refractivity (Wildman–Crippen MR) is 190 cm³/mol. The summed E-state index contributed by atoms with van der Waals surface area (Å²) < 4.78 is 21.8. The highest BCUT2D eigenvalue weighted by atomic mass is 16.6. The molecule has 5 rings (SSSR count). The molecule has 3 N–H and O–H groups in total. The van der Waals surface area contributed by atoms with Gasteiger partial charge in [-0.25, -0.2) is 9.59 Å². The molecule has 0 saturated carbocycles. The number of aryl methyl sites for hydroxylation is 1. The van der Waals surface area contributed by atoms with Crippen LogP contribution >= 0.6 is 0 Å². The normalized spacial score (nSPS) is 13.3. The molecule has 0 radical (unpaired) electrons. The largest absolute Gasteiger partial charge is 0.493 e. The first kappa shape index (κ1) is 35.9. The van der Waals surface area contributed by atoms with Crippen molar-refractivity contribution in [2.75, 3.05) is 26.1 Å². The number of ether oxygens (including phenoxy) is 4. The SMILES string of the molecule is COc1ccc(CC[C@H](O)c2cccc(NC(=O)CC(NC(=O)OCC3c4ccccc4-c4ccccc43)C(=O)OC(C)(C)C)c2)cc1OC. The number of rotatable bonds is 13. The Morgan fingerprint density at radius 3 is 2.12 bits per heavy atom. The molecule has 4 aromatic carbocycles. The van der Waals surface area contributed by atoms with Crippen LogP contribution < -0.4 is 20.1 Å². The van der Waals surface area contributed by atoms with E-state index in [1.807, 2.05) is 66.7 Å². The van der Waals surface area contributed by atoms with E-state index in [1.54, 1.807) is 59.3 Å². The zero-order chi connectivity index (χ0) is 35.8. The Balaban J connectivity index is 1.20. The number of amides is 2. The second-order valence-electron chi connectivity index (χ2n) is 13.2. The number of fused-ring (bicyclic) bond motifs is 3. The van der Waals surface area contributed by atoms with Gasteiger partial charge in [0.2, 0.25) is 5.91 Å². The van der Waals surface area contributed by atoms with Crippen LogP contribution in [0.3, 0.4) is 0 Å². The maximum absolute atomic E-state index is 13.2. The molecule has 10 nitrogen and oxygen atoms in total. The molecule has 0 aromatic heterocycles. The van der Waals surface area contributed by atoms with Crippen molar-refractivity contribution in [2.24, 2.45) is 0 Å². The van der Waals surface area contributed by atoms with Gasteiger partial charge in [0, 0.05) is 11.6 Å². The summed E-state index contributed by atoms with van der Waals surface area (Å²) in [6.45, 7) is 5.17. The molecule has 2 atom stereocenters. The molecule has 1 aliphatic carbocycles. The molecule has 0 bridgehead atoms.